The van der Waals surface area contributed by atoms with E-state index in [4.69, 9.17) is 0 Å². The molecule has 0 fully saturated rings. The normalized spacial score (nSPS) is 11.7. The van der Waals surface area contributed by atoms with E-state index in [1.54, 1.807) is 6.20 Å². The third-order valence-corrected chi connectivity index (χ3v) is 2.64. The Morgan fingerprint density at radius 2 is 2.15 bits per heavy atom. The van der Waals surface area contributed by atoms with Gasteiger partial charge in [0.1, 0.15) is 18.0 Å². The quantitative estimate of drug-likeness (QED) is 0.844. The standard InChI is InChI=1S/C15H19N5/c1-11(2)18-15-6-4-5-13(20-15)9-12(3)19-14-7-8-16-10-17-14/h4-8,10,12H,1,9H2,2-3H3,(H,18,20)(H,16,17,19). The highest BCUT2D eigenvalue weighted by Crippen LogP contribution is 2.10. The highest BCUT2D eigenvalue weighted by molar-refractivity contribution is 5.41. The van der Waals surface area contributed by atoms with Gasteiger partial charge in [0.15, 0.2) is 0 Å². The molecule has 5 heteroatoms. The lowest BCUT2D eigenvalue weighted by molar-refractivity contribution is 0.765. The Labute approximate surface area is 119 Å². The third-order valence-electron chi connectivity index (χ3n) is 2.64. The van der Waals surface area contributed by atoms with Crippen LogP contribution in [-0.2, 0) is 6.42 Å². The molecule has 1 atom stereocenters. The highest BCUT2D eigenvalue weighted by Gasteiger charge is 2.06. The van der Waals surface area contributed by atoms with Gasteiger partial charge in [0.2, 0.25) is 0 Å². The molecule has 2 N–H and O–H groups in total. The molecular weight excluding hydrogens is 250 g/mol. The van der Waals surface area contributed by atoms with Crippen LogP contribution in [0.25, 0.3) is 0 Å². The summed E-state index contributed by atoms with van der Waals surface area (Å²) in [6, 6.07) is 8.02. The second-order valence-electron chi connectivity index (χ2n) is 4.76. The molecule has 20 heavy (non-hydrogen) atoms. The lowest BCUT2D eigenvalue weighted by atomic mass is 10.1. The van der Waals surface area contributed by atoms with E-state index in [0.717, 1.165) is 29.4 Å². The van der Waals surface area contributed by atoms with Crippen molar-refractivity contribution in [2.24, 2.45) is 0 Å². The van der Waals surface area contributed by atoms with Crippen molar-refractivity contribution < 1.29 is 0 Å². The van der Waals surface area contributed by atoms with E-state index in [1.807, 2.05) is 31.2 Å². The molecule has 104 valence electrons. The van der Waals surface area contributed by atoms with E-state index in [0.29, 0.717) is 0 Å². The summed E-state index contributed by atoms with van der Waals surface area (Å²) in [5, 5.41) is 6.44. The minimum atomic E-state index is 0.234. The second-order valence-corrected chi connectivity index (χ2v) is 4.76. The summed E-state index contributed by atoms with van der Waals surface area (Å²) in [6.07, 6.45) is 4.07. The summed E-state index contributed by atoms with van der Waals surface area (Å²) < 4.78 is 0. The summed E-state index contributed by atoms with van der Waals surface area (Å²) in [5.41, 5.74) is 1.90. The molecule has 0 aliphatic rings. The molecule has 0 saturated carbocycles. The van der Waals surface area contributed by atoms with Crippen LogP contribution in [0.3, 0.4) is 0 Å². The molecule has 2 aromatic rings. The van der Waals surface area contributed by atoms with E-state index in [-0.39, 0.29) is 6.04 Å². The van der Waals surface area contributed by atoms with Gasteiger partial charge in [-0.25, -0.2) is 15.0 Å². The molecular formula is C15H19N5. The fourth-order valence-electron chi connectivity index (χ4n) is 1.87. The maximum Gasteiger partial charge on any atom is 0.130 e. The monoisotopic (exact) mass is 269 g/mol. The SMILES string of the molecule is C=C(C)Nc1cccc(CC(C)Nc2ccncn2)n1. The molecule has 1 unspecified atom stereocenters. The van der Waals surface area contributed by atoms with Crippen LogP contribution in [0.1, 0.15) is 19.5 Å². The van der Waals surface area contributed by atoms with Crippen molar-refractivity contribution in [3.05, 3.63) is 54.8 Å². The van der Waals surface area contributed by atoms with E-state index in [9.17, 15) is 0 Å². The minimum absolute atomic E-state index is 0.234. The van der Waals surface area contributed by atoms with E-state index in [1.165, 1.54) is 6.33 Å². The first-order valence-corrected chi connectivity index (χ1v) is 6.54. The number of hydrogen-bond donors (Lipinski definition) is 2. The van der Waals surface area contributed by atoms with Crippen molar-refractivity contribution >= 4 is 11.6 Å². The summed E-state index contributed by atoms with van der Waals surface area (Å²) >= 11 is 0. The smallest absolute Gasteiger partial charge is 0.130 e. The van der Waals surface area contributed by atoms with Crippen molar-refractivity contribution in [2.75, 3.05) is 10.6 Å². The van der Waals surface area contributed by atoms with Crippen LogP contribution in [0, 0.1) is 0 Å². The fraction of sp³-hybridized carbons (Fsp3) is 0.267. The van der Waals surface area contributed by atoms with E-state index < -0.39 is 0 Å². The van der Waals surface area contributed by atoms with Gasteiger partial charge in [-0.2, -0.15) is 0 Å². The van der Waals surface area contributed by atoms with E-state index in [2.05, 4.69) is 39.1 Å². The maximum atomic E-state index is 4.55. The number of nitrogens with zero attached hydrogens (tertiary/aromatic N) is 3. The van der Waals surface area contributed by atoms with Gasteiger partial charge in [-0.3, -0.25) is 0 Å². The number of allylic oxidation sites excluding steroid dienone is 1. The molecule has 0 aliphatic carbocycles. The average Bonchev–Trinajstić information content (AvgIpc) is 2.39. The van der Waals surface area contributed by atoms with Gasteiger partial charge in [-0.05, 0) is 32.0 Å². The Bertz CT molecular complexity index is 567. The molecule has 2 heterocycles. The molecule has 0 saturated heterocycles. The molecule has 5 nitrogen and oxygen atoms in total. The molecule has 0 amide bonds. The van der Waals surface area contributed by atoms with Crippen LogP contribution in [0.5, 0.6) is 0 Å². The molecule has 0 bridgehead atoms. The van der Waals surface area contributed by atoms with Crippen molar-refractivity contribution in [2.45, 2.75) is 26.3 Å². The van der Waals surface area contributed by atoms with Gasteiger partial charge in [0.05, 0.1) is 0 Å². The molecule has 0 radical (unpaired) electrons. The number of anilines is 2. The largest absolute Gasteiger partial charge is 0.367 e. The molecule has 2 aromatic heterocycles. The van der Waals surface area contributed by atoms with Crippen molar-refractivity contribution in [1.29, 1.82) is 0 Å². The third kappa shape index (κ3) is 4.35. The lowest BCUT2D eigenvalue weighted by Gasteiger charge is -2.14. The first kappa shape index (κ1) is 14.0. The fourth-order valence-corrected chi connectivity index (χ4v) is 1.87. The highest BCUT2D eigenvalue weighted by atomic mass is 15.0. The van der Waals surface area contributed by atoms with Crippen LogP contribution >= 0.6 is 0 Å². The van der Waals surface area contributed by atoms with Crippen LogP contribution in [0.4, 0.5) is 11.6 Å². The van der Waals surface area contributed by atoms with Gasteiger partial charge in [0.25, 0.3) is 0 Å². The zero-order valence-corrected chi connectivity index (χ0v) is 11.8. The maximum absolute atomic E-state index is 4.55. The number of pyridine rings is 1. The molecule has 0 aromatic carbocycles. The molecule has 2 rings (SSSR count). The van der Waals surface area contributed by atoms with Crippen LogP contribution < -0.4 is 10.6 Å². The van der Waals surface area contributed by atoms with Gasteiger partial charge >= 0.3 is 0 Å². The molecule has 0 spiro atoms. The Morgan fingerprint density at radius 1 is 1.30 bits per heavy atom. The summed E-state index contributed by atoms with van der Waals surface area (Å²) in [4.78, 5) is 12.6. The van der Waals surface area contributed by atoms with Gasteiger partial charge < -0.3 is 10.6 Å². The Hall–Kier alpha value is -2.43. The van der Waals surface area contributed by atoms with E-state index >= 15 is 0 Å². The predicted octanol–water partition coefficient (Wildman–Crippen LogP) is 2.86. The number of nitrogens with one attached hydrogen (secondary N) is 2. The van der Waals surface area contributed by atoms with Gasteiger partial charge in [-0.1, -0.05) is 12.6 Å². The van der Waals surface area contributed by atoms with Gasteiger partial charge in [0, 0.05) is 30.1 Å². The van der Waals surface area contributed by atoms with Gasteiger partial charge in [-0.15, -0.1) is 0 Å². The first-order chi connectivity index (χ1) is 9.63. The number of rotatable bonds is 6. The molecule has 0 aliphatic heterocycles. The van der Waals surface area contributed by atoms with Crippen molar-refractivity contribution in [3.63, 3.8) is 0 Å². The summed E-state index contributed by atoms with van der Waals surface area (Å²) in [6.45, 7) is 7.83. The second kappa shape index (κ2) is 6.65. The van der Waals surface area contributed by atoms with Crippen molar-refractivity contribution in [3.8, 4) is 0 Å². The zero-order valence-electron chi connectivity index (χ0n) is 11.8. The van der Waals surface area contributed by atoms with Crippen LogP contribution in [-0.4, -0.2) is 21.0 Å². The lowest BCUT2D eigenvalue weighted by Crippen LogP contribution is -2.19. The summed E-state index contributed by atoms with van der Waals surface area (Å²) in [7, 11) is 0. The summed E-state index contributed by atoms with van der Waals surface area (Å²) in [5.74, 6) is 1.65. The van der Waals surface area contributed by atoms with Crippen LogP contribution in [0.15, 0.2) is 49.1 Å². The Balaban J connectivity index is 1.97. The predicted molar refractivity (Wildman–Crippen MR) is 81.5 cm³/mol. The average molecular weight is 269 g/mol. The number of hydrogen-bond acceptors (Lipinski definition) is 5. The number of aromatic nitrogens is 3. The topological polar surface area (TPSA) is 62.7 Å². The zero-order chi connectivity index (χ0) is 14.4. The van der Waals surface area contributed by atoms with Crippen LogP contribution in [0.2, 0.25) is 0 Å². The van der Waals surface area contributed by atoms with Crippen molar-refractivity contribution in [1.82, 2.24) is 15.0 Å². The Kier molecular flexibility index (Phi) is 4.65. The Morgan fingerprint density at radius 3 is 2.85 bits per heavy atom. The minimum Gasteiger partial charge on any atom is -0.367 e. The first-order valence-electron chi connectivity index (χ1n) is 6.54.